The third kappa shape index (κ3) is 3.25. The molecular weight excluding hydrogens is 355 g/mol. The number of hydrogen-bond donors (Lipinski definition) is 1. The predicted octanol–water partition coefficient (Wildman–Crippen LogP) is 6.59. The highest BCUT2D eigenvalue weighted by Crippen LogP contribution is 2.48. The molecule has 1 fully saturated rings. The van der Waals surface area contributed by atoms with Crippen LogP contribution in [0.2, 0.25) is 0 Å². The first-order chi connectivity index (χ1) is 12.5. The Hall–Kier alpha value is -1.88. The molecule has 1 nitrogen and oxygen atoms in total. The maximum Gasteiger partial charge on any atom is 0.416 e. The Labute approximate surface area is 155 Å². The number of thioether (sulfide) groups is 1. The van der Waals surface area contributed by atoms with Gasteiger partial charge in [-0.2, -0.15) is 24.9 Å². The quantitative estimate of drug-likeness (QED) is 0.532. The van der Waals surface area contributed by atoms with Gasteiger partial charge in [0, 0.05) is 28.8 Å². The lowest BCUT2D eigenvalue weighted by Gasteiger charge is -2.18. The minimum absolute atomic E-state index is 0.149. The molecule has 0 saturated heterocycles. The number of nitrogens with one attached hydrogen (secondary N) is 1. The highest BCUT2D eigenvalue weighted by Gasteiger charge is 2.36. The largest absolute Gasteiger partial charge is 0.416 e. The van der Waals surface area contributed by atoms with Gasteiger partial charge in [-0.3, -0.25) is 0 Å². The Morgan fingerprint density at radius 1 is 1.12 bits per heavy atom. The summed E-state index contributed by atoms with van der Waals surface area (Å²) < 4.78 is 38.6. The normalized spacial score (nSPS) is 16.2. The Bertz CT molecular complexity index is 907. The van der Waals surface area contributed by atoms with Crippen molar-refractivity contribution in [2.24, 2.45) is 5.92 Å². The van der Waals surface area contributed by atoms with Crippen molar-refractivity contribution < 1.29 is 13.2 Å². The summed E-state index contributed by atoms with van der Waals surface area (Å²) in [5, 5.41) is 1.19. The van der Waals surface area contributed by atoms with E-state index in [0.717, 1.165) is 29.7 Å². The van der Waals surface area contributed by atoms with E-state index in [1.807, 2.05) is 0 Å². The van der Waals surface area contributed by atoms with Crippen LogP contribution in [0, 0.1) is 5.92 Å². The molecule has 1 N–H and O–H groups in total. The van der Waals surface area contributed by atoms with Crippen molar-refractivity contribution in [3.63, 3.8) is 0 Å². The molecule has 0 bridgehead atoms. The maximum absolute atomic E-state index is 12.9. The Morgan fingerprint density at radius 3 is 2.46 bits per heavy atom. The van der Waals surface area contributed by atoms with Crippen molar-refractivity contribution in [3.05, 3.63) is 70.9 Å². The molecule has 1 heterocycles. The van der Waals surface area contributed by atoms with Crippen molar-refractivity contribution >= 4 is 22.7 Å². The topological polar surface area (TPSA) is 15.8 Å². The van der Waals surface area contributed by atoms with Gasteiger partial charge in [0.2, 0.25) is 0 Å². The van der Waals surface area contributed by atoms with E-state index in [9.17, 15) is 13.2 Å². The fraction of sp³-hybridized carbons (Fsp3) is 0.333. The van der Waals surface area contributed by atoms with Crippen LogP contribution >= 0.6 is 11.8 Å². The number of hydrogen-bond acceptors (Lipinski definition) is 1. The lowest BCUT2D eigenvalue weighted by atomic mass is 9.86. The molecular formula is C21H20F3NS. The van der Waals surface area contributed by atoms with Crippen molar-refractivity contribution in [2.75, 3.05) is 6.26 Å². The van der Waals surface area contributed by atoms with Gasteiger partial charge in [-0.05, 0) is 53.8 Å². The van der Waals surface area contributed by atoms with E-state index in [-0.39, 0.29) is 5.92 Å². The van der Waals surface area contributed by atoms with E-state index in [1.54, 1.807) is 23.9 Å². The van der Waals surface area contributed by atoms with Gasteiger partial charge >= 0.3 is 6.18 Å². The van der Waals surface area contributed by atoms with Gasteiger partial charge in [0.25, 0.3) is 0 Å². The second-order valence-corrected chi connectivity index (χ2v) is 7.82. The molecule has 26 heavy (non-hydrogen) atoms. The van der Waals surface area contributed by atoms with Gasteiger partial charge in [0.05, 0.1) is 5.56 Å². The second kappa shape index (κ2) is 6.69. The number of para-hydroxylation sites is 1. The number of aromatic amines is 1. The van der Waals surface area contributed by atoms with E-state index >= 15 is 0 Å². The molecule has 1 unspecified atom stereocenters. The zero-order valence-corrected chi connectivity index (χ0v) is 15.3. The molecule has 0 amide bonds. The highest BCUT2D eigenvalue weighted by atomic mass is 32.2. The standard InChI is InChI=1S/C21H20F3NS/c1-26-12-15-3-2-4-17-18(11-25-20(15)17)19(13-5-6-13)14-7-9-16(10-8-14)21(22,23)24/h2-4,7-11,13,19,25H,5-6,12H2,1H3. The van der Waals surface area contributed by atoms with Gasteiger partial charge in [-0.25, -0.2) is 0 Å². The number of alkyl halides is 3. The summed E-state index contributed by atoms with van der Waals surface area (Å²) in [5.74, 6) is 1.59. The molecule has 0 spiro atoms. The van der Waals surface area contributed by atoms with Crippen LogP contribution in [-0.4, -0.2) is 11.2 Å². The Kier molecular flexibility index (Phi) is 4.51. The third-order valence-corrected chi connectivity index (χ3v) is 5.76. The van der Waals surface area contributed by atoms with Crippen molar-refractivity contribution in [2.45, 2.75) is 30.7 Å². The molecule has 2 aromatic carbocycles. The van der Waals surface area contributed by atoms with Crippen LogP contribution in [0.3, 0.4) is 0 Å². The van der Waals surface area contributed by atoms with Crippen LogP contribution in [0.5, 0.6) is 0 Å². The lowest BCUT2D eigenvalue weighted by Crippen LogP contribution is -2.07. The molecule has 1 aliphatic rings. The van der Waals surface area contributed by atoms with E-state index in [1.165, 1.54) is 28.6 Å². The number of fused-ring (bicyclic) bond motifs is 1. The van der Waals surface area contributed by atoms with Gasteiger partial charge in [0.1, 0.15) is 0 Å². The first-order valence-electron chi connectivity index (χ1n) is 8.74. The van der Waals surface area contributed by atoms with Crippen LogP contribution in [0.4, 0.5) is 13.2 Å². The van der Waals surface area contributed by atoms with Gasteiger partial charge in [0.15, 0.2) is 0 Å². The van der Waals surface area contributed by atoms with Crippen LogP contribution < -0.4 is 0 Å². The molecule has 136 valence electrons. The fourth-order valence-electron chi connectivity index (χ4n) is 3.79. The predicted molar refractivity (Wildman–Crippen MR) is 102 cm³/mol. The summed E-state index contributed by atoms with van der Waals surface area (Å²) in [7, 11) is 0. The molecule has 1 aliphatic carbocycles. The maximum atomic E-state index is 12.9. The smallest absolute Gasteiger partial charge is 0.361 e. The average molecular weight is 375 g/mol. The number of halogens is 3. The van der Waals surface area contributed by atoms with Crippen LogP contribution in [0.1, 0.15) is 41.0 Å². The number of aromatic nitrogens is 1. The van der Waals surface area contributed by atoms with Gasteiger partial charge < -0.3 is 4.98 Å². The number of rotatable bonds is 5. The van der Waals surface area contributed by atoms with Crippen molar-refractivity contribution in [1.29, 1.82) is 0 Å². The van der Waals surface area contributed by atoms with E-state index in [4.69, 9.17) is 0 Å². The highest BCUT2D eigenvalue weighted by molar-refractivity contribution is 7.97. The first-order valence-corrected chi connectivity index (χ1v) is 10.1. The summed E-state index contributed by atoms with van der Waals surface area (Å²) in [5.41, 5.74) is 4.00. The SMILES string of the molecule is CSCc1cccc2c(C(c3ccc(C(F)(F)F)cc3)C3CC3)c[nH]c12. The Balaban J connectivity index is 1.76. The molecule has 5 heteroatoms. The average Bonchev–Trinajstić information content (AvgIpc) is 3.35. The fourth-order valence-corrected chi connectivity index (χ4v) is 4.34. The van der Waals surface area contributed by atoms with E-state index in [0.29, 0.717) is 5.92 Å². The summed E-state index contributed by atoms with van der Waals surface area (Å²) in [6.07, 6.45) is 2.10. The molecule has 0 aliphatic heterocycles. The minimum Gasteiger partial charge on any atom is -0.361 e. The van der Waals surface area contributed by atoms with E-state index in [2.05, 4.69) is 35.6 Å². The molecule has 1 atom stereocenters. The Morgan fingerprint density at radius 2 is 1.85 bits per heavy atom. The number of H-pyrrole nitrogens is 1. The van der Waals surface area contributed by atoms with Crippen molar-refractivity contribution in [3.8, 4) is 0 Å². The second-order valence-electron chi connectivity index (χ2n) is 6.95. The summed E-state index contributed by atoms with van der Waals surface area (Å²) in [6.45, 7) is 0. The molecule has 4 rings (SSSR count). The zero-order chi connectivity index (χ0) is 18.3. The monoisotopic (exact) mass is 375 g/mol. The van der Waals surface area contributed by atoms with E-state index < -0.39 is 11.7 Å². The van der Waals surface area contributed by atoms with Gasteiger partial charge in [-0.1, -0.05) is 30.3 Å². The summed E-state index contributed by atoms with van der Waals surface area (Å²) in [4.78, 5) is 3.42. The summed E-state index contributed by atoms with van der Waals surface area (Å²) >= 11 is 1.78. The van der Waals surface area contributed by atoms with Gasteiger partial charge in [-0.15, -0.1) is 0 Å². The molecule has 3 aromatic rings. The first kappa shape index (κ1) is 17.5. The van der Waals surface area contributed by atoms with Crippen molar-refractivity contribution in [1.82, 2.24) is 4.98 Å². The number of benzene rings is 2. The lowest BCUT2D eigenvalue weighted by molar-refractivity contribution is -0.137. The summed E-state index contributed by atoms with van der Waals surface area (Å²) in [6, 6.07) is 12.0. The molecule has 0 radical (unpaired) electrons. The van der Waals surface area contributed by atoms with Crippen LogP contribution in [-0.2, 0) is 11.9 Å². The van der Waals surface area contributed by atoms with Crippen LogP contribution in [0.15, 0.2) is 48.7 Å². The third-order valence-electron chi connectivity index (χ3n) is 5.16. The minimum atomic E-state index is -4.29. The zero-order valence-electron chi connectivity index (χ0n) is 14.4. The molecule has 1 aromatic heterocycles. The molecule has 1 saturated carbocycles. The van der Waals surface area contributed by atoms with Crippen LogP contribution in [0.25, 0.3) is 10.9 Å².